The molecule has 0 saturated carbocycles. The Bertz CT molecular complexity index is 981. The van der Waals surface area contributed by atoms with Gasteiger partial charge in [-0.2, -0.15) is 0 Å². The zero-order chi connectivity index (χ0) is 18.5. The topological polar surface area (TPSA) is 64.2 Å². The van der Waals surface area contributed by atoms with Crippen molar-refractivity contribution in [2.24, 2.45) is 4.99 Å². The molecule has 0 amide bonds. The molecule has 0 unspecified atom stereocenters. The van der Waals surface area contributed by atoms with Crippen LogP contribution in [0.2, 0.25) is 5.02 Å². The highest BCUT2D eigenvalue weighted by Gasteiger charge is 2.10. The van der Waals surface area contributed by atoms with Crippen molar-refractivity contribution in [1.29, 1.82) is 0 Å². The quantitative estimate of drug-likeness (QED) is 0.662. The maximum atomic E-state index is 9.02. The van der Waals surface area contributed by atoms with Crippen molar-refractivity contribution in [3.8, 4) is 22.8 Å². The first-order valence-electron chi connectivity index (χ1n) is 8.23. The van der Waals surface area contributed by atoms with Gasteiger partial charge in [0.15, 0.2) is 11.5 Å². The molecule has 0 saturated heterocycles. The van der Waals surface area contributed by atoms with Gasteiger partial charge in [0.2, 0.25) is 0 Å². The van der Waals surface area contributed by atoms with Crippen LogP contribution in [0.4, 0.5) is 0 Å². The normalized spacial score (nSPS) is 11.8. The molecule has 5 nitrogen and oxygen atoms in total. The Hall–Kier alpha value is -2.50. The Morgan fingerprint density at radius 1 is 1.04 bits per heavy atom. The molecule has 0 bridgehead atoms. The number of halogens is 1. The van der Waals surface area contributed by atoms with E-state index >= 15 is 0 Å². The summed E-state index contributed by atoms with van der Waals surface area (Å²) in [6.45, 7) is 0.620. The molecule has 1 aromatic heterocycles. The molecule has 6 heteroatoms. The van der Waals surface area contributed by atoms with Crippen molar-refractivity contribution in [2.45, 2.75) is 6.42 Å². The molecule has 3 aromatic rings. The molecular weight excluding hydrogens is 354 g/mol. The van der Waals surface area contributed by atoms with E-state index in [2.05, 4.69) is 4.99 Å². The monoisotopic (exact) mass is 373 g/mol. The second kappa shape index (κ2) is 8.25. The van der Waals surface area contributed by atoms with Gasteiger partial charge in [-0.15, -0.1) is 0 Å². The molecule has 2 aromatic carbocycles. The third-order valence-corrected chi connectivity index (χ3v) is 4.21. The third kappa shape index (κ3) is 3.84. The Morgan fingerprint density at radius 3 is 2.58 bits per heavy atom. The van der Waals surface area contributed by atoms with Crippen LogP contribution < -0.4 is 14.8 Å². The molecule has 1 N–H and O–H groups in total. The lowest BCUT2D eigenvalue weighted by Gasteiger charge is -2.10. The Kier molecular flexibility index (Phi) is 5.81. The summed E-state index contributed by atoms with van der Waals surface area (Å²) in [4.78, 5) is 4.59. The highest BCUT2D eigenvalue weighted by molar-refractivity contribution is 6.31. The first kappa shape index (κ1) is 18.3. The fourth-order valence-corrected chi connectivity index (χ4v) is 2.85. The molecule has 0 aliphatic rings. The largest absolute Gasteiger partial charge is 0.493 e. The predicted molar refractivity (Wildman–Crippen MR) is 102 cm³/mol. The molecule has 1 heterocycles. The minimum absolute atomic E-state index is 0.0991. The van der Waals surface area contributed by atoms with Crippen molar-refractivity contribution in [3.63, 3.8) is 0 Å². The fraction of sp³-hybridized carbons (Fsp3) is 0.250. The smallest absolute Gasteiger partial charge is 0.161 e. The SMILES string of the molecule is COc1ccc(-c2cc(=NCCCO)c3cc(Cl)ccc3o2)cc1OC. The number of benzene rings is 2. The van der Waals surface area contributed by atoms with Crippen molar-refractivity contribution in [1.82, 2.24) is 0 Å². The van der Waals surface area contributed by atoms with Crippen LogP contribution in [0.5, 0.6) is 11.5 Å². The zero-order valence-electron chi connectivity index (χ0n) is 14.7. The summed E-state index contributed by atoms with van der Waals surface area (Å²) in [5.41, 5.74) is 1.53. The van der Waals surface area contributed by atoms with E-state index in [9.17, 15) is 0 Å². The molecular formula is C20H20ClNO4. The number of ether oxygens (including phenoxy) is 2. The van der Waals surface area contributed by atoms with Gasteiger partial charge in [0.05, 0.1) is 19.6 Å². The summed E-state index contributed by atoms with van der Waals surface area (Å²) in [6, 6.07) is 12.9. The second-order valence-electron chi connectivity index (χ2n) is 5.67. The van der Waals surface area contributed by atoms with Gasteiger partial charge in [0.25, 0.3) is 0 Å². The van der Waals surface area contributed by atoms with E-state index in [-0.39, 0.29) is 6.61 Å². The number of fused-ring (bicyclic) bond motifs is 1. The average molecular weight is 374 g/mol. The van der Waals surface area contributed by atoms with Crippen molar-refractivity contribution >= 4 is 22.6 Å². The highest BCUT2D eigenvalue weighted by Crippen LogP contribution is 2.33. The minimum atomic E-state index is 0.0991. The second-order valence-corrected chi connectivity index (χ2v) is 6.10. The fourth-order valence-electron chi connectivity index (χ4n) is 2.67. The van der Waals surface area contributed by atoms with E-state index in [0.717, 1.165) is 16.3 Å². The van der Waals surface area contributed by atoms with Gasteiger partial charge < -0.3 is 19.0 Å². The number of nitrogens with zero attached hydrogens (tertiary/aromatic N) is 1. The summed E-state index contributed by atoms with van der Waals surface area (Å²) in [5, 5.41) is 11.2. The van der Waals surface area contributed by atoms with Gasteiger partial charge in [-0.25, -0.2) is 0 Å². The van der Waals surface area contributed by atoms with Crippen molar-refractivity contribution < 1.29 is 19.0 Å². The zero-order valence-corrected chi connectivity index (χ0v) is 15.4. The summed E-state index contributed by atoms with van der Waals surface area (Å²) in [6.07, 6.45) is 0.597. The van der Waals surface area contributed by atoms with Crippen LogP contribution in [0.1, 0.15) is 6.42 Å². The number of hydrogen-bond acceptors (Lipinski definition) is 5. The lowest BCUT2D eigenvalue weighted by molar-refractivity contribution is 0.291. The third-order valence-electron chi connectivity index (χ3n) is 3.97. The molecule has 3 rings (SSSR count). The first-order valence-corrected chi connectivity index (χ1v) is 8.61. The summed E-state index contributed by atoms with van der Waals surface area (Å²) >= 11 is 6.13. The van der Waals surface area contributed by atoms with Crippen LogP contribution in [0.25, 0.3) is 22.3 Å². The predicted octanol–water partition coefficient (Wildman–Crippen LogP) is 4.05. The first-order chi connectivity index (χ1) is 12.7. The molecule has 0 fully saturated rings. The standard InChI is InChI=1S/C20H20ClNO4/c1-24-18-6-4-13(10-20(18)25-2)19-12-16(22-8-3-9-23)15-11-14(21)5-7-17(15)26-19/h4-7,10-12,23H,3,8-9H2,1-2H3. The Morgan fingerprint density at radius 2 is 1.85 bits per heavy atom. The molecule has 26 heavy (non-hydrogen) atoms. The van der Waals surface area contributed by atoms with Gasteiger partial charge in [-0.1, -0.05) is 11.6 Å². The average Bonchev–Trinajstić information content (AvgIpc) is 2.67. The number of methoxy groups -OCH3 is 2. The molecule has 136 valence electrons. The van der Waals surface area contributed by atoms with E-state index in [4.69, 9.17) is 30.6 Å². The molecule has 0 atom stereocenters. The molecule has 0 aliphatic heterocycles. The number of hydrogen-bond donors (Lipinski definition) is 1. The number of aliphatic hydroxyl groups is 1. The molecule has 0 aliphatic carbocycles. The van der Waals surface area contributed by atoms with Gasteiger partial charge in [-0.3, -0.25) is 4.99 Å². The summed E-state index contributed by atoms with van der Waals surface area (Å²) in [5.74, 6) is 1.93. The van der Waals surface area contributed by atoms with Crippen LogP contribution in [0.3, 0.4) is 0 Å². The van der Waals surface area contributed by atoms with Gasteiger partial charge in [0, 0.05) is 35.2 Å². The lowest BCUT2D eigenvalue weighted by atomic mass is 10.1. The van der Waals surface area contributed by atoms with Crippen LogP contribution in [-0.4, -0.2) is 32.5 Å². The van der Waals surface area contributed by atoms with Crippen LogP contribution >= 0.6 is 11.6 Å². The number of aliphatic hydroxyl groups excluding tert-OH is 1. The summed E-state index contributed by atoms with van der Waals surface area (Å²) < 4.78 is 16.7. The Labute approximate surface area is 156 Å². The van der Waals surface area contributed by atoms with E-state index < -0.39 is 0 Å². The van der Waals surface area contributed by atoms with E-state index in [1.807, 2.05) is 36.4 Å². The van der Waals surface area contributed by atoms with Crippen LogP contribution in [0.15, 0.2) is 51.9 Å². The minimum Gasteiger partial charge on any atom is -0.493 e. The summed E-state index contributed by atoms with van der Waals surface area (Å²) in [7, 11) is 3.19. The number of rotatable bonds is 6. The van der Waals surface area contributed by atoms with E-state index in [0.29, 0.717) is 40.8 Å². The maximum absolute atomic E-state index is 9.02. The highest BCUT2D eigenvalue weighted by atomic mass is 35.5. The van der Waals surface area contributed by atoms with Crippen LogP contribution in [-0.2, 0) is 0 Å². The Balaban J connectivity index is 2.18. The van der Waals surface area contributed by atoms with Crippen molar-refractivity contribution in [3.05, 3.63) is 52.8 Å². The molecule has 0 spiro atoms. The maximum Gasteiger partial charge on any atom is 0.161 e. The molecule has 0 radical (unpaired) electrons. The van der Waals surface area contributed by atoms with E-state index in [1.165, 1.54) is 0 Å². The lowest BCUT2D eigenvalue weighted by Crippen LogP contribution is -2.06. The van der Waals surface area contributed by atoms with Gasteiger partial charge in [0.1, 0.15) is 11.3 Å². The van der Waals surface area contributed by atoms with Crippen LogP contribution in [0, 0.1) is 0 Å². The van der Waals surface area contributed by atoms with Crippen molar-refractivity contribution in [2.75, 3.05) is 27.4 Å². The van der Waals surface area contributed by atoms with Gasteiger partial charge in [-0.05, 0) is 42.8 Å². The van der Waals surface area contributed by atoms with E-state index in [1.54, 1.807) is 20.3 Å². The van der Waals surface area contributed by atoms with Gasteiger partial charge >= 0.3 is 0 Å².